The molecule has 42 heavy (non-hydrogen) atoms. The molecule has 2 fully saturated rings. The Bertz CT molecular complexity index is 1700. The number of halogens is 2. The molecule has 218 valence electrons. The van der Waals surface area contributed by atoms with E-state index in [4.69, 9.17) is 15.7 Å². The number of aromatic nitrogens is 3. The Labute approximate surface area is 244 Å². The third kappa shape index (κ3) is 5.17. The first-order valence-electron chi connectivity index (χ1n) is 14.6. The van der Waals surface area contributed by atoms with Gasteiger partial charge in [0.15, 0.2) is 5.65 Å². The van der Waals surface area contributed by atoms with Crippen molar-refractivity contribution < 1.29 is 8.78 Å². The lowest BCUT2D eigenvalue weighted by Gasteiger charge is -2.41. The van der Waals surface area contributed by atoms with E-state index in [1.54, 1.807) is 6.07 Å². The van der Waals surface area contributed by atoms with Gasteiger partial charge in [0.05, 0.1) is 5.69 Å². The Morgan fingerprint density at radius 2 is 1.64 bits per heavy atom. The van der Waals surface area contributed by atoms with Crippen molar-refractivity contribution in [1.29, 1.82) is 0 Å². The van der Waals surface area contributed by atoms with Crippen LogP contribution in [0.1, 0.15) is 43.7 Å². The van der Waals surface area contributed by atoms with E-state index in [-0.39, 0.29) is 5.65 Å². The molecule has 0 unspecified atom stereocenters. The molecule has 6 rings (SSSR count). The minimum Gasteiger partial charge on any atom is -0.399 e. The van der Waals surface area contributed by atoms with Crippen LogP contribution >= 0.6 is 0 Å². The summed E-state index contributed by atoms with van der Waals surface area (Å²) in [5.41, 5.74) is 8.58. The van der Waals surface area contributed by atoms with E-state index < -0.39 is 22.9 Å². The normalized spacial score (nSPS) is 17.2. The number of nitrogens with zero attached hydrogens (tertiary/aromatic N) is 5. The molecule has 4 heterocycles. The second-order valence-electron chi connectivity index (χ2n) is 11.7. The number of fused-ring (bicyclic) bond motifs is 1. The van der Waals surface area contributed by atoms with Crippen LogP contribution in [0.15, 0.2) is 59.9 Å². The topological polar surface area (TPSA) is 80.3 Å². The molecular weight excluding hydrogens is 534 g/mol. The molecule has 2 aromatic carbocycles. The van der Waals surface area contributed by atoms with Crippen LogP contribution in [-0.4, -0.2) is 51.7 Å². The highest BCUT2D eigenvalue weighted by Crippen LogP contribution is 2.34. The van der Waals surface area contributed by atoms with Crippen molar-refractivity contribution in [3.63, 3.8) is 0 Å². The van der Waals surface area contributed by atoms with Gasteiger partial charge in [-0.2, -0.15) is 4.98 Å². The Morgan fingerprint density at radius 3 is 2.31 bits per heavy atom. The molecule has 2 aromatic heterocycles. The van der Waals surface area contributed by atoms with E-state index in [2.05, 4.69) is 23.3 Å². The first kappa shape index (κ1) is 28.0. The van der Waals surface area contributed by atoms with Gasteiger partial charge in [-0.15, -0.1) is 0 Å². The van der Waals surface area contributed by atoms with E-state index >= 15 is 8.78 Å². The smallest absolute Gasteiger partial charge is 0.256 e. The van der Waals surface area contributed by atoms with Gasteiger partial charge in [0, 0.05) is 41.8 Å². The Hall–Kier alpha value is -4.11. The molecule has 0 aliphatic carbocycles. The fraction of sp³-hybridized carbons (Fsp3) is 0.364. The van der Waals surface area contributed by atoms with E-state index in [1.165, 1.54) is 25.0 Å². The summed E-state index contributed by atoms with van der Waals surface area (Å²) in [5, 5.41) is 0.501. The third-order valence-electron chi connectivity index (χ3n) is 8.85. The number of nitrogens with two attached hydrogens (primary N) is 1. The molecule has 0 saturated carbocycles. The van der Waals surface area contributed by atoms with E-state index in [0.29, 0.717) is 28.8 Å². The average molecular weight is 571 g/mol. The van der Waals surface area contributed by atoms with Crippen molar-refractivity contribution >= 4 is 22.7 Å². The number of hydrogen-bond donors (Lipinski definition) is 1. The highest BCUT2D eigenvalue weighted by molar-refractivity contribution is 5.93. The van der Waals surface area contributed by atoms with Crippen molar-refractivity contribution in [1.82, 2.24) is 19.4 Å². The van der Waals surface area contributed by atoms with Crippen molar-refractivity contribution in [3.05, 3.63) is 88.2 Å². The second-order valence-corrected chi connectivity index (χ2v) is 11.7. The highest BCUT2D eigenvalue weighted by atomic mass is 19.1. The van der Waals surface area contributed by atoms with Crippen LogP contribution in [0.2, 0.25) is 0 Å². The van der Waals surface area contributed by atoms with Crippen LogP contribution in [0.25, 0.3) is 33.7 Å². The maximum Gasteiger partial charge on any atom is 0.256 e. The molecule has 9 heteroatoms. The predicted molar refractivity (Wildman–Crippen MR) is 164 cm³/mol. The molecule has 0 spiro atoms. The number of anilines is 1. The molecule has 0 amide bonds. The summed E-state index contributed by atoms with van der Waals surface area (Å²) in [5.74, 6) is -0.488. The molecular formula is C33H36F2N6O. The minimum absolute atomic E-state index is 0.148. The van der Waals surface area contributed by atoms with Crippen molar-refractivity contribution in [2.75, 3.05) is 31.1 Å². The Morgan fingerprint density at radius 1 is 0.952 bits per heavy atom. The van der Waals surface area contributed by atoms with Crippen LogP contribution in [0, 0.1) is 24.5 Å². The summed E-state index contributed by atoms with van der Waals surface area (Å²) in [6.07, 6.45) is 4.40. The quantitative estimate of drug-likeness (QED) is 0.333. The lowest BCUT2D eigenvalue weighted by molar-refractivity contribution is 0.120. The summed E-state index contributed by atoms with van der Waals surface area (Å²) in [6.45, 7) is 11.9. The SMILES string of the molecule is C=C(N)c1ccc(C)c(-c2nc(N3CCC(N4CCC(C)CC4)CC3)nc3c2ccc(=O)n3-c2c(F)cccc2F)c1. The molecule has 0 atom stereocenters. The second kappa shape index (κ2) is 11.3. The van der Waals surface area contributed by atoms with Gasteiger partial charge in [-0.05, 0) is 87.0 Å². The van der Waals surface area contributed by atoms with Crippen LogP contribution in [0.5, 0.6) is 0 Å². The number of pyridine rings is 1. The van der Waals surface area contributed by atoms with E-state index in [9.17, 15) is 4.79 Å². The summed E-state index contributed by atoms with van der Waals surface area (Å²) in [4.78, 5) is 27.8. The van der Waals surface area contributed by atoms with Crippen LogP contribution in [0.3, 0.4) is 0 Å². The highest BCUT2D eigenvalue weighted by Gasteiger charge is 2.29. The molecule has 0 bridgehead atoms. The standard InChI is InChI=1S/C33H36F2N6O/c1-20-11-15-39(16-12-20)24-13-17-40(18-14-24)33-37-30(26-19-23(22(3)36)8-7-21(26)2)25-9-10-29(42)41(32(25)38-33)31-27(34)5-4-6-28(31)35/h4-10,19-20,24H,3,11-18,36H2,1-2H3. The van der Waals surface area contributed by atoms with Crippen molar-refractivity contribution in [2.45, 2.75) is 45.6 Å². The summed E-state index contributed by atoms with van der Waals surface area (Å²) < 4.78 is 31.2. The molecule has 4 aromatic rings. The third-order valence-corrected chi connectivity index (χ3v) is 8.85. The van der Waals surface area contributed by atoms with Crippen molar-refractivity contribution in [2.24, 2.45) is 11.7 Å². The first-order valence-corrected chi connectivity index (χ1v) is 14.6. The van der Waals surface area contributed by atoms with Gasteiger partial charge in [-0.3, -0.25) is 9.36 Å². The lowest BCUT2D eigenvalue weighted by Crippen LogP contribution is -2.48. The zero-order valence-electron chi connectivity index (χ0n) is 24.1. The van der Waals surface area contributed by atoms with Gasteiger partial charge in [-0.25, -0.2) is 13.8 Å². The number of piperidine rings is 2. The van der Waals surface area contributed by atoms with Gasteiger partial charge in [0.2, 0.25) is 5.95 Å². The zero-order valence-corrected chi connectivity index (χ0v) is 24.1. The zero-order chi connectivity index (χ0) is 29.5. The molecule has 2 saturated heterocycles. The summed E-state index contributed by atoms with van der Waals surface area (Å²) in [7, 11) is 0. The maximum atomic E-state index is 15.1. The summed E-state index contributed by atoms with van der Waals surface area (Å²) in [6, 6.07) is 12.7. The minimum atomic E-state index is -0.847. The van der Waals surface area contributed by atoms with Gasteiger partial charge < -0.3 is 15.5 Å². The summed E-state index contributed by atoms with van der Waals surface area (Å²) >= 11 is 0. The number of benzene rings is 2. The maximum absolute atomic E-state index is 15.1. The average Bonchev–Trinajstić information content (AvgIpc) is 2.98. The van der Waals surface area contributed by atoms with Gasteiger partial charge in [-0.1, -0.05) is 31.7 Å². The molecule has 2 N–H and O–H groups in total. The predicted octanol–water partition coefficient (Wildman–Crippen LogP) is 5.66. The molecule has 7 nitrogen and oxygen atoms in total. The van der Waals surface area contributed by atoms with E-state index in [0.717, 1.165) is 78.3 Å². The number of hydrogen-bond acceptors (Lipinski definition) is 6. The Balaban J connectivity index is 1.50. The number of likely N-dealkylation sites (tertiary alicyclic amines) is 1. The van der Waals surface area contributed by atoms with Crippen molar-refractivity contribution in [3.8, 4) is 16.9 Å². The first-order chi connectivity index (χ1) is 20.2. The van der Waals surface area contributed by atoms with Gasteiger partial charge in [0.25, 0.3) is 5.56 Å². The molecule has 0 radical (unpaired) electrons. The molecule has 2 aliphatic heterocycles. The number of rotatable bonds is 5. The fourth-order valence-corrected chi connectivity index (χ4v) is 6.27. The fourth-order valence-electron chi connectivity index (χ4n) is 6.27. The van der Waals surface area contributed by atoms with Gasteiger partial charge >= 0.3 is 0 Å². The van der Waals surface area contributed by atoms with Gasteiger partial charge in [0.1, 0.15) is 17.3 Å². The monoisotopic (exact) mass is 570 g/mol. The van der Waals surface area contributed by atoms with Crippen LogP contribution in [-0.2, 0) is 0 Å². The van der Waals surface area contributed by atoms with Crippen LogP contribution < -0.4 is 16.2 Å². The largest absolute Gasteiger partial charge is 0.399 e. The Kier molecular flexibility index (Phi) is 7.53. The molecule has 2 aliphatic rings. The van der Waals surface area contributed by atoms with Crippen LogP contribution in [0.4, 0.5) is 14.7 Å². The van der Waals surface area contributed by atoms with E-state index in [1.807, 2.05) is 25.1 Å². The lowest BCUT2D eigenvalue weighted by atomic mass is 9.95. The number of aryl methyl sites for hydroxylation is 1. The number of para-hydroxylation sites is 1.